The van der Waals surface area contributed by atoms with Crippen molar-refractivity contribution in [1.82, 2.24) is 10.2 Å². The van der Waals surface area contributed by atoms with Crippen molar-refractivity contribution in [2.45, 2.75) is 32.4 Å². The first-order chi connectivity index (χ1) is 9.49. The van der Waals surface area contributed by atoms with Crippen LogP contribution >= 0.6 is 0 Å². The zero-order valence-electron chi connectivity index (χ0n) is 12.9. The van der Waals surface area contributed by atoms with Crippen LogP contribution in [0.25, 0.3) is 0 Å². The monoisotopic (exact) mass is 278 g/mol. The lowest BCUT2D eigenvalue weighted by Gasteiger charge is -2.23. The molecule has 0 aromatic heterocycles. The summed E-state index contributed by atoms with van der Waals surface area (Å²) < 4.78 is 5.41. The maximum atomic E-state index is 12.0. The minimum atomic E-state index is 0.0118. The molecule has 0 heterocycles. The maximum Gasteiger partial charge on any atom is 0.222 e. The molecule has 1 N–H and O–H groups in total. The van der Waals surface area contributed by atoms with Crippen LogP contribution in [0.4, 0.5) is 0 Å². The average Bonchev–Trinajstić information content (AvgIpc) is 2.38. The molecule has 4 nitrogen and oxygen atoms in total. The molecule has 0 spiro atoms. The third kappa shape index (κ3) is 6.68. The van der Waals surface area contributed by atoms with Gasteiger partial charge >= 0.3 is 0 Å². The molecule has 0 aliphatic heterocycles. The molecule has 20 heavy (non-hydrogen) atoms. The van der Waals surface area contributed by atoms with Crippen LogP contribution in [0.5, 0.6) is 0 Å². The van der Waals surface area contributed by atoms with E-state index in [-0.39, 0.29) is 18.1 Å². The number of ether oxygens (including phenoxy) is 1. The summed E-state index contributed by atoms with van der Waals surface area (Å²) in [6, 6.07) is 10.1. The van der Waals surface area contributed by atoms with Crippen molar-refractivity contribution in [2.75, 3.05) is 27.2 Å². The summed E-state index contributed by atoms with van der Waals surface area (Å²) in [7, 11) is 4.01. The van der Waals surface area contributed by atoms with Crippen LogP contribution in [-0.4, -0.2) is 44.2 Å². The van der Waals surface area contributed by atoms with E-state index in [0.717, 1.165) is 12.1 Å². The molecule has 1 unspecified atom stereocenters. The smallest absolute Gasteiger partial charge is 0.222 e. The zero-order chi connectivity index (χ0) is 15.0. The number of hydrogen-bond acceptors (Lipinski definition) is 3. The van der Waals surface area contributed by atoms with Gasteiger partial charge in [0.05, 0.1) is 18.8 Å². The fraction of sp³-hybridized carbons (Fsp3) is 0.562. The van der Waals surface area contributed by atoms with Crippen LogP contribution in [-0.2, 0) is 9.53 Å². The fourth-order valence-electron chi connectivity index (χ4n) is 1.94. The van der Waals surface area contributed by atoms with Crippen molar-refractivity contribution in [2.24, 2.45) is 0 Å². The van der Waals surface area contributed by atoms with Gasteiger partial charge in [-0.3, -0.25) is 4.79 Å². The van der Waals surface area contributed by atoms with E-state index in [1.807, 2.05) is 58.3 Å². The summed E-state index contributed by atoms with van der Waals surface area (Å²) in [5.74, 6) is 0.0290. The van der Waals surface area contributed by atoms with Gasteiger partial charge in [0.25, 0.3) is 0 Å². The Balaban J connectivity index is 2.55. The number of amides is 1. The van der Waals surface area contributed by atoms with Crippen LogP contribution < -0.4 is 5.32 Å². The predicted octanol–water partition coefficient (Wildman–Crippen LogP) is 2.22. The topological polar surface area (TPSA) is 41.6 Å². The molecule has 0 saturated heterocycles. The molecule has 1 aromatic rings. The molecular weight excluding hydrogens is 252 g/mol. The normalized spacial score (nSPS) is 12.7. The molecule has 112 valence electrons. The molecule has 0 aliphatic rings. The van der Waals surface area contributed by atoms with Gasteiger partial charge in [-0.25, -0.2) is 0 Å². The van der Waals surface area contributed by atoms with Gasteiger partial charge in [0.1, 0.15) is 0 Å². The zero-order valence-corrected chi connectivity index (χ0v) is 12.9. The van der Waals surface area contributed by atoms with E-state index in [4.69, 9.17) is 4.74 Å². The molecule has 1 rings (SSSR count). The third-order valence-electron chi connectivity index (χ3n) is 2.87. The number of carbonyl (C=O) groups excluding carboxylic acids is 1. The molecular formula is C16H26N2O2. The second kappa shape index (κ2) is 8.72. The van der Waals surface area contributed by atoms with Crippen molar-refractivity contribution >= 4 is 5.91 Å². The number of likely N-dealkylation sites (N-methyl/N-ethyl adjacent to an activating group) is 1. The van der Waals surface area contributed by atoms with E-state index < -0.39 is 0 Å². The molecule has 0 bridgehead atoms. The quantitative estimate of drug-likeness (QED) is 0.793. The predicted molar refractivity (Wildman–Crippen MR) is 81.6 cm³/mol. The summed E-state index contributed by atoms with van der Waals surface area (Å²) in [6.45, 7) is 5.18. The third-order valence-corrected chi connectivity index (χ3v) is 2.87. The van der Waals surface area contributed by atoms with Crippen molar-refractivity contribution in [3.05, 3.63) is 35.9 Å². The van der Waals surface area contributed by atoms with E-state index in [0.29, 0.717) is 13.0 Å². The van der Waals surface area contributed by atoms with Crippen LogP contribution in [0.3, 0.4) is 0 Å². The van der Waals surface area contributed by atoms with Crippen LogP contribution in [0.15, 0.2) is 30.3 Å². The Hall–Kier alpha value is -1.39. The summed E-state index contributed by atoms with van der Waals surface area (Å²) >= 11 is 0. The summed E-state index contributed by atoms with van der Waals surface area (Å²) in [5.41, 5.74) is 1.12. The highest BCUT2D eigenvalue weighted by molar-refractivity contribution is 5.76. The molecule has 0 saturated carbocycles. The van der Waals surface area contributed by atoms with Crippen LogP contribution in [0, 0.1) is 0 Å². The molecule has 0 radical (unpaired) electrons. The van der Waals surface area contributed by atoms with Crippen molar-refractivity contribution in [1.29, 1.82) is 0 Å². The lowest BCUT2D eigenvalue weighted by atomic mass is 10.1. The van der Waals surface area contributed by atoms with Crippen LogP contribution in [0.1, 0.15) is 31.9 Å². The van der Waals surface area contributed by atoms with Crippen LogP contribution in [0.2, 0.25) is 0 Å². The Morgan fingerprint density at radius 3 is 2.45 bits per heavy atom. The number of nitrogens with one attached hydrogen (secondary N) is 1. The van der Waals surface area contributed by atoms with E-state index >= 15 is 0 Å². The Morgan fingerprint density at radius 2 is 1.90 bits per heavy atom. The first-order valence-electron chi connectivity index (χ1n) is 7.09. The van der Waals surface area contributed by atoms with Gasteiger partial charge in [0.15, 0.2) is 0 Å². The fourth-order valence-corrected chi connectivity index (χ4v) is 1.94. The second-order valence-corrected chi connectivity index (χ2v) is 5.46. The number of carbonyl (C=O) groups is 1. The number of hydrogen-bond donors (Lipinski definition) is 1. The summed E-state index contributed by atoms with van der Waals surface area (Å²) in [5, 5.41) is 3.08. The standard InChI is InChI=1S/C16H26N2O2/c1-13(2)20-11-10-16(19)17-15(12-18(3)4)14-8-6-5-7-9-14/h5-9,13,15H,10-12H2,1-4H3,(H,17,19). The summed E-state index contributed by atoms with van der Waals surface area (Å²) in [4.78, 5) is 14.1. The molecule has 1 aromatic carbocycles. The highest BCUT2D eigenvalue weighted by Crippen LogP contribution is 2.13. The van der Waals surface area contributed by atoms with Gasteiger partial charge in [-0.15, -0.1) is 0 Å². The minimum absolute atomic E-state index is 0.0118. The van der Waals surface area contributed by atoms with E-state index in [1.165, 1.54) is 0 Å². The van der Waals surface area contributed by atoms with Gasteiger partial charge < -0.3 is 15.0 Å². The largest absolute Gasteiger partial charge is 0.378 e. The lowest BCUT2D eigenvalue weighted by molar-refractivity contribution is -0.123. The van der Waals surface area contributed by atoms with Gasteiger partial charge in [-0.05, 0) is 33.5 Å². The highest BCUT2D eigenvalue weighted by atomic mass is 16.5. The molecule has 0 fully saturated rings. The Kier molecular flexibility index (Phi) is 7.26. The Labute approximate surface area is 122 Å². The Morgan fingerprint density at radius 1 is 1.25 bits per heavy atom. The van der Waals surface area contributed by atoms with E-state index in [1.54, 1.807) is 0 Å². The van der Waals surface area contributed by atoms with Crippen molar-refractivity contribution < 1.29 is 9.53 Å². The summed E-state index contributed by atoms with van der Waals surface area (Å²) in [6.07, 6.45) is 0.559. The molecule has 1 amide bonds. The minimum Gasteiger partial charge on any atom is -0.378 e. The van der Waals surface area contributed by atoms with Crippen molar-refractivity contribution in [3.63, 3.8) is 0 Å². The first-order valence-corrected chi connectivity index (χ1v) is 7.09. The number of rotatable bonds is 8. The number of nitrogens with zero attached hydrogens (tertiary/aromatic N) is 1. The SMILES string of the molecule is CC(C)OCCC(=O)NC(CN(C)C)c1ccccc1. The molecule has 4 heteroatoms. The molecule has 0 aliphatic carbocycles. The Bertz CT molecular complexity index is 391. The first kappa shape index (κ1) is 16.7. The van der Waals surface area contributed by atoms with E-state index in [2.05, 4.69) is 10.2 Å². The lowest BCUT2D eigenvalue weighted by Crippen LogP contribution is -2.35. The van der Waals surface area contributed by atoms with Gasteiger partial charge in [-0.2, -0.15) is 0 Å². The van der Waals surface area contributed by atoms with Gasteiger partial charge in [0.2, 0.25) is 5.91 Å². The van der Waals surface area contributed by atoms with E-state index in [9.17, 15) is 4.79 Å². The maximum absolute atomic E-state index is 12.0. The average molecular weight is 278 g/mol. The van der Waals surface area contributed by atoms with Crippen molar-refractivity contribution in [3.8, 4) is 0 Å². The molecule has 1 atom stereocenters. The highest BCUT2D eigenvalue weighted by Gasteiger charge is 2.15. The second-order valence-electron chi connectivity index (χ2n) is 5.46. The number of benzene rings is 1. The van der Waals surface area contributed by atoms with Gasteiger partial charge in [0, 0.05) is 13.0 Å². The van der Waals surface area contributed by atoms with Gasteiger partial charge in [-0.1, -0.05) is 30.3 Å².